The fraction of sp³-hybridized carbons (Fsp3) is 0.320. The van der Waals surface area contributed by atoms with Crippen LogP contribution in [0.15, 0.2) is 71.0 Å². The van der Waals surface area contributed by atoms with E-state index in [0.29, 0.717) is 17.5 Å². The number of hydrogen-bond donors (Lipinski definition) is 1. The molecule has 0 fully saturated rings. The van der Waals surface area contributed by atoms with Gasteiger partial charge in [-0.1, -0.05) is 68.1 Å². The first kappa shape index (κ1) is 20.8. The highest BCUT2D eigenvalue weighted by molar-refractivity contribution is 7.98. The summed E-state index contributed by atoms with van der Waals surface area (Å²) >= 11 is 1.59. The average molecular weight is 447 g/mol. The molecule has 2 aliphatic rings. The van der Waals surface area contributed by atoms with Crippen LogP contribution >= 0.6 is 11.8 Å². The van der Waals surface area contributed by atoms with Gasteiger partial charge in [-0.05, 0) is 35.1 Å². The molecule has 1 aliphatic carbocycles. The van der Waals surface area contributed by atoms with Crippen LogP contribution in [0, 0.1) is 5.41 Å². The van der Waals surface area contributed by atoms with Gasteiger partial charge in [0.15, 0.2) is 5.78 Å². The monoisotopic (exact) mass is 446 g/mol. The smallest absolute Gasteiger partial charge is 0.227 e. The minimum absolute atomic E-state index is 0.0884. The van der Waals surface area contributed by atoms with Crippen LogP contribution in [0.5, 0.6) is 5.75 Å². The van der Waals surface area contributed by atoms with Crippen molar-refractivity contribution < 1.29 is 9.53 Å². The van der Waals surface area contributed by atoms with Crippen molar-refractivity contribution in [3.63, 3.8) is 0 Å². The highest BCUT2D eigenvalue weighted by Gasteiger charge is 2.42. The van der Waals surface area contributed by atoms with Crippen molar-refractivity contribution in [3.8, 4) is 5.75 Å². The van der Waals surface area contributed by atoms with Gasteiger partial charge in [-0.15, -0.1) is 5.10 Å². The van der Waals surface area contributed by atoms with E-state index >= 15 is 0 Å². The Morgan fingerprint density at radius 2 is 1.97 bits per heavy atom. The first-order chi connectivity index (χ1) is 15.4. The Balaban J connectivity index is 1.55. The number of methoxy groups -OCH3 is 1. The second-order valence-corrected chi connectivity index (χ2v) is 10.0. The number of hydrogen-bond acceptors (Lipinski definition) is 6. The number of Topliss-reactive ketones (excluding diaryl/α,β-unsaturated/α-hetero) is 1. The molecule has 0 saturated carbocycles. The van der Waals surface area contributed by atoms with E-state index in [2.05, 4.69) is 31.3 Å². The summed E-state index contributed by atoms with van der Waals surface area (Å²) in [6, 6.07) is 17.8. The zero-order chi connectivity index (χ0) is 22.3. The van der Waals surface area contributed by atoms with Gasteiger partial charge < -0.3 is 10.1 Å². The van der Waals surface area contributed by atoms with Gasteiger partial charge in [-0.25, -0.2) is 4.68 Å². The molecule has 1 aliphatic heterocycles. The highest BCUT2D eigenvalue weighted by Crippen LogP contribution is 2.46. The van der Waals surface area contributed by atoms with Crippen molar-refractivity contribution in [3.05, 3.63) is 77.0 Å². The Morgan fingerprint density at radius 1 is 1.16 bits per heavy atom. The van der Waals surface area contributed by atoms with Gasteiger partial charge in [0.2, 0.25) is 11.1 Å². The summed E-state index contributed by atoms with van der Waals surface area (Å²) in [6.07, 6.45) is 1.32. The molecule has 0 spiro atoms. The summed E-state index contributed by atoms with van der Waals surface area (Å²) in [4.78, 5) is 18.1. The molecule has 0 radical (unpaired) electrons. The van der Waals surface area contributed by atoms with E-state index in [1.54, 1.807) is 18.9 Å². The number of benzene rings is 2. The van der Waals surface area contributed by atoms with Crippen molar-refractivity contribution in [1.82, 2.24) is 14.8 Å². The van der Waals surface area contributed by atoms with Crippen LogP contribution in [0.25, 0.3) is 0 Å². The number of allylic oxidation sites excluding steroid dienone is 2. The molecular formula is C25H26N4O2S. The molecule has 0 bridgehead atoms. The third kappa shape index (κ3) is 3.93. The lowest BCUT2D eigenvalue weighted by molar-refractivity contribution is -0.118. The predicted molar refractivity (Wildman–Crippen MR) is 126 cm³/mol. The van der Waals surface area contributed by atoms with Crippen LogP contribution in [0.1, 0.15) is 43.9 Å². The lowest BCUT2D eigenvalue weighted by Gasteiger charge is -2.38. The minimum Gasteiger partial charge on any atom is -0.497 e. The lowest BCUT2D eigenvalue weighted by Crippen LogP contribution is -2.36. The second-order valence-electron chi connectivity index (χ2n) is 9.07. The molecule has 1 aromatic heterocycles. The SMILES string of the molecule is COc1cccc([C@@H]2C3=C(CC(C)(C)CC3=O)Nc3nc(SCc4ccccc4)nn32)c1. The fourth-order valence-electron chi connectivity index (χ4n) is 4.49. The number of ether oxygens (including phenoxy) is 1. The summed E-state index contributed by atoms with van der Waals surface area (Å²) in [7, 11) is 1.65. The number of ketones is 1. The van der Waals surface area contributed by atoms with Gasteiger partial charge in [0.05, 0.1) is 7.11 Å². The molecule has 0 unspecified atom stereocenters. The molecule has 164 valence electrons. The number of nitrogens with one attached hydrogen (secondary N) is 1. The number of anilines is 1. The Labute approximate surface area is 192 Å². The van der Waals surface area contributed by atoms with Crippen LogP contribution in [0.4, 0.5) is 5.95 Å². The third-order valence-electron chi connectivity index (χ3n) is 5.93. The number of fused-ring (bicyclic) bond motifs is 1. The maximum Gasteiger partial charge on any atom is 0.227 e. The molecule has 2 aromatic carbocycles. The van der Waals surface area contributed by atoms with E-state index in [-0.39, 0.29) is 17.2 Å². The zero-order valence-corrected chi connectivity index (χ0v) is 19.3. The van der Waals surface area contributed by atoms with Crippen molar-refractivity contribution in [2.75, 3.05) is 12.4 Å². The maximum atomic E-state index is 13.3. The number of nitrogens with zero attached hydrogens (tertiary/aromatic N) is 3. The van der Waals surface area contributed by atoms with Crippen LogP contribution in [0.3, 0.4) is 0 Å². The normalized spacial score (nSPS) is 19.2. The quantitative estimate of drug-likeness (QED) is 0.541. The topological polar surface area (TPSA) is 69.0 Å². The van der Waals surface area contributed by atoms with Crippen molar-refractivity contribution in [2.45, 2.75) is 43.6 Å². The average Bonchev–Trinajstić information content (AvgIpc) is 3.18. The zero-order valence-electron chi connectivity index (χ0n) is 18.5. The first-order valence-corrected chi connectivity index (χ1v) is 11.7. The molecule has 2 heterocycles. The Morgan fingerprint density at radius 3 is 2.75 bits per heavy atom. The maximum absolute atomic E-state index is 13.3. The Kier molecular flexibility index (Phi) is 5.29. The fourth-order valence-corrected chi connectivity index (χ4v) is 5.28. The second kappa shape index (κ2) is 8.13. The van der Waals surface area contributed by atoms with Crippen molar-refractivity contribution in [1.29, 1.82) is 0 Å². The van der Waals surface area contributed by atoms with Crippen LogP contribution < -0.4 is 10.1 Å². The summed E-state index contributed by atoms with van der Waals surface area (Å²) in [5, 5.41) is 8.95. The third-order valence-corrected chi connectivity index (χ3v) is 6.84. The predicted octanol–water partition coefficient (Wildman–Crippen LogP) is 5.24. The van der Waals surface area contributed by atoms with Gasteiger partial charge in [0, 0.05) is 23.4 Å². The first-order valence-electron chi connectivity index (χ1n) is 10.7. The highest BCUT2D eigenvalue weighted by atomic mass is 32.2. The van der Waals surface area contributed by atoms with E-state index in [1.807, 2.05) is 47.1 Å². The minimum atomic E-state index is -0.321. The van der Waals surface area contributed by atoms with E-state index in [9.17, 15) is 4.79 Å². The number of carbonyl (C=O) groups is 1. The molecule has 0 amide bonds. The lowest BCUT2D eigenvalue weighted by atomic mass is 9.73. The summed E-state index contributed by atoms with van der Waals surface area (Å²) in [5.41, 5.74) is 3.84. The van der Waals surface area contributed by atoms with Crippen molar-refractivity contribution in [2.24, 2.45) is 5.41 Å². The molecule has 1 atom stereocenters. The van der Waals surface area contributed by atoms with E-state index < -0.39 is 0 Å². The summed E-state index contributed by atoms with van der Waals surface area (Å²) in [6.45, 7) is 4.27. The number of aromatic nitrogens is 3. The Hall–Kier alpha value is -3.06. The molecule has 0 saturated heterocycles. The molecular weight excluding hydrogens is 420 g/mol. The summed E-state index contributed by atoms with van der Waals surface area (Å²) in [5.74, 6) is 2.38. The molecule has 7 heteroatoms. The van der Waals surface area contributed by atoms with Gasteiger partial charge in [-0.2, -0.15) is 4.98 Å². The molecule has 32 heavy (non-hydrogen) atoms. The molecule has 6 nitrogen and oxygen atoms in total. The van der Waals surface area contributed by atoms with E-state index in [1.165, 1.54) is 5.56 Å². The van der Waals surface area contributed by atoms with Gasteiger partial charge in [-0.3, -0.25) is 4.79 Å². The summed E-state index contributed by atoms with van der Waals surface area (Å²) < 4.78 is 7.31. The molecule has 5 rings (SSSR count). The van der Waals surface area contributed by atoms with Crippen LogP contribution in [0.2, 0.25) is 0 Å². The van der Waals surface area contributed by atoms with Crippen LogP contribution in [-0.2, 0) is 10.5 Å². The number of rotatable bonds is 5. The molecule has 1 N–H and O–H groups in total. The molecule has 3 aromatic rings. The standard InChI is InChI=1S/C25H26N4O2S/c1-25(2)13-19-21(20(30)14-25)22(17-10-7-11-18(12-17)31-3)29-23(26-19)27-24(28-29)32-15-16-8-5-4-6-9-16/h4-12,22H,13-15H2,1-3H3,(H,26,27,28)/t22-/m1/s1. The van der Waals surface area contributed by atoms with E-state index in [0.717, 1.165) is 34.8 Å². The Bertz CT molecular complexity index is 1200. The number of carbonyl (C=O) groups excluding carboxylic acids is 1. The van der Waals surface area contributed by atoms with Gasteiger partial charge in [0.1, 0.15) is 11.8 Å². The number of thioether (sulfide) groups is 1. The van der Waals surface area contributed by atoms with Crippen molar-refractivity contribution >= 4 is 23.5 Å². The van der Waals surface area contributed by atoms with E-state index in [4.69, 9.17) is 14.8 Å². The largest absolute Gasteiger partial charge is 0.497 e. The van der Waals surface area contributed by atoms with Gasteiger partial charge in [0.25, 0.3) is 0 Å². The van der Waals surface area contributed by atoms with Crippen LogP contribution in [-0.4, -0.2) is 27.7 Å². The van der Waals surface area contributed by atoms with Gasteiger partial charge >= 0.3 is 0 Å².